The molecule has 1 aliphatic heterocycles. The molecule has 1 N–H and O–H groups in total. The number of terminal acetylenes is 1. The Morgan fingerprint density at radius 3 is 2.64 bits per heavy atom. The summed E-state index contributed by atoms with van der Waals surface area (Å²) in [4.78, 5) is 15.1. The van der Waals surface area contributed by atoms with E-state index >= 15 is 0 Å². The van der Waals surface area contributed by atoms with E-state index in [0.717, 1.165) is 30.8 Å². The molecule has 1 heterocycles. The third kappa shape index (κ3) is 4.97. The van der Waals surface area contributed by atoms with Gasteiger partial charge in [-0.25, -0.2) is 0 Å². The number of amides is 1. The Morgan fingerprint density at radius 2 is 2.00 bits per heavy atom. The fraction of sp³-hybridized carbons (Fsp3) is 0.471. The number of nitrogens with zero attached hydrogens (tertiary/aromatic N) is 1. The first kappa shape index (κ1) is 16.7. The topological polar surface area (TPSA) is 49.4 Å². The van der Waals surface area contributed by atoms with Crippen molar-refractivity contribution in [1.29, 1.82) is 0 Å². The van der Waals surface area contributed by atoms with Crippen LogP contribution < -0.4 is 5.32 Å². The number of benzene rings is 1. The van der Waals surface area contributed by atoms with Crippen LogP contribution >= 0.6 is 0 Å². The Labute approximate surface area is 134 Å². The summed E-state index contributed by atoms with van der Waals surface area (Å²) >= 11 is 0. The van der Waals surface area contributed by atoms with Crippen molar-refractivity contribution in [1.82, 2.24) is 10.2 Å². The molecular formula is C17H22N2O2S. The first-order valence-electron chi connectivity index (χ1n) is 7.57. The number of rotatable bonds is 6. The van der Waals surface area contributed by atoms with Gasteiger partial charge in [0.2, 0.25) is 5.91 Å². The van der Waals surface area contributed by atoms with Crippen molar-refractivity contribution in [3.63, 3.8) is 0 Å². The van der Waals surface area contributed by atoms with Crippen LogP contribution in [0.1, 0.15) is 12.8 Å². The van der Waals surface area contributed by atoms with Gasteiger partial charge in [0.25, 0.3) is 0 Å². The van der Waals surface area contributed by atoms with E-state index in [1.54, 1.807) is 0 Å². The molecule has 5 heteroatoms. The lowest BCUT2D eigenvalue weighted by atomic mass is 9.96. The zero-order valence-electron chi connectivity index (χ0n) is 12.7. The van der Waals surface area contributed by atoms with Crippen LogP contribution in [0.4, 0.5) is 0 Å². The minimum absolute atomic E-state index is 0.0548. The number of hydrogen-bond donors (Lipinski definition) is 1. The highest BCUT2D eigenvalue weighted by atomic mass is 32.2. The molecule has 1 saturated heterocycles. The molecule has 0 bridgehead atoms. The molecule has 1 aromatic rings. The minimum atomic E-state index is -1.06. The van der Waals surface area contributed by atoms with Gasteiger partial charge >= 0.3 is 0 Å². The van der Waals surface area contributed by atoms with Crippen LogP contribution in [-0.2, 0) is 15.6 Å². The Balaban J connectivity index is 1.68. The van der Waals surface area contributed by atoms with Crippen molar-refractivity contribution < 1.29 is 9.00 Å². The summed E-state index contributed by atoms with van der Waals surface area (Å²) in [5, 5.41) is 2.91. The second kappa shape index (κ2) is 8.72. The lowest BCUT2D eigenvalue weighted by molar-refractivity contribution is -0.126. The van der Waals surface area contributed by atoms with Gasteiger partial charge in [-0.3, -0.25) is 13.9 Å². The van der Waals surface area contributed by atoms with Gasteiger partial charge in [0, 0.05) is 23.1 Å². The van der Waals surface area contributed by atoms with Crippen LogP contribution in [0.3, 0.4) is 0 Å². The monoisotopic (exact) mass is 318 g/mol. The summed E-state index contributed by atoms with van der Waals surface area (Å²) in [6.07, 6.45) is 6.98. The summed E-state index contributed by atoms with van der Waals surface area (Å²) in [7, 11) is -1.06. The Hall–Kier alpha value is -1.64. The zero-order chi connectivity index (χ0) is 15.8. The quantitative estimate of drug-likeness (QED) is 0.803. The molecule has 0 aliphatic carbocycles. The van der Waals surface area contributed by atoms with Gasteiger partial charge in [0.1, 0.15) is 0 Å². The molecule has 0 unspecified atom stereocenters. The largest absolute Gasteiger partial charge is 0.355 e. The second-order valence-corrected chi connectivity index (χ2v) is 6.98. The van der Waals surface area contributed by atoms with Crippen molar-refractivity contribution in [2.24, 2.45) is 5.92 Å². The zero-order valence-corrected chi connectivity index (χ0v) is 13.5. The van der Waals surface area contributed by atoms with Crippen LogP contribution in [0.5, 0.6) is 0 Å². The third-order valence-corrected chi connectivity index (χ3v) is 5.24. The minimum Gasteiger partial charge on any atom is -0.355 e. The molecule has 1 atom stereocenters. The average Bonchev–Trinajstić information content (AvgIpc) is 2.56. The van der Waals surface area contributed by atoms with E-state index in [1.807, 2.05) is 30.3 Å². The van der Waals surface area contributed by atoms with Crippen LogP contribution in [0.25, 0.3) is 0 Å². The Kier molecular flexibility index (Phi) is 6.63. The maximum Gasteiger partial charge on any atom is 0.223 e. The van der Waals surface area contributed by atoms with Crippen LogP contribution in [0.2, 0.25) is 0 Å². The van der Waals surface area contributed by atoms with Gasteiger partial charge in [-0.1, -0.05) is 24.1 Å². The van der Waals surface area contributed by atoms with E-state index in [1.165, 1.54) is 0 Å². The SMILES string of the molecule is C#CCN1CCC(C(=O)NCC[S@@](=O)c2ccccc2)CC1. The number of nitrogens with one attached hydrogen (secondary N) is 1. The molecule has 1 aromatic carbocycles. The van der Waals surface area contributed by atoms with Gasteiger partial charge in [0.05, 0.1) is 17.3 Å². The molecule has 0 saturated carbocycles. The van der Waals surface area contributed by atoms with Gasteiger partial charge in [-0.15, -0.1) is 6.42 Å². The smallest absolute Gasteiger partial charge is 0.223 e. The first-order chi connectivity index (χ1) is 10.7. The van der Waals surface area contributed by atoms with Crippen molar-refractivity contribution >= 4 is 16.7 Å². The standard InChI is InChI=1S/C17H22N2O2S/c1-2-11-19-12-8-15(9-13-19)17(20)18-10-14-22(21)16-6-4-3-5-7-16/h1,3-7,15H,8-14H2,(H,18,20)/t22-/m1/s1. The number of carbonyl (C=O) groups excluding carboxylic acids is 1. The van der Waals surface area contributed by atoms with Crippen LogP contribution in [0.15, 0.2) is 35.2 Å². The molecule has 1 aliphatic rings. The lowest BCUT2D eigenvalue weighted by Crippen LogP contribution is -2.41. The summed E-state index contributed by atoms with van der Waals surface area (Å²) < 4.78 is 12.1. The third-order valence-electron chi connectivity index (χ3n) is 3.87. The average molecular weight is 318 g/mol. The maximum atomic E-state index is 12.1. The second-order valence-electron chi connectivity index (χ2n) is 5.41. The number of piperidine rings is 1. The number of carbonyl (C=O) groups is 1. The summed E-state index contributed by atoms with van der Waals surface area (Å²) in [5.74, 6) is 3.21. The summed E-state index contributed by atoms with van der Waals surface area (Å²) in [5.41, 5.74) is 0. The van der Waals surface area contributed by atoms with Gasteiger partial charge in [-0.2, -0.15) is 0 Å². The predicted octanol–water partition coefficient (Wildman–Crippen LogP) is 1.26. The summed E-state index contributed by atoms with van der Waals surface area (Å²) in [6, 6.07) is 9.33. The lowest BCUT2D eigenvalue weighted by Gasteiger charge is -2.29. The molecule has 1 fully saturated rings. The van der Waals surface area contributed by atoms with Crippen molar-refractivity contribution in [2.75, 3.05) is 31.9 Å². The van der Waals surface area contributed by atoms with Crippen molar-refractivity contribution in [2.45, 2.75) is 17.7 Å². The van der Waals surface area contributed by atoms with E-state index in [4.69, 9.17) is 6.42 Å². The van der Waals surface area contributed by atoms with Crippen molar-refractivity contribution in [3.05, 3.63) is 30.3 Å². The molecule has 0 radical (unpaired) electrons. The van der Waals surface area contributed by atoms with E-state index in [-0.39, 0.29) is 11.8 Å². The van der Waals surface area contributed by atoms with Gasteiger partial charge in [-0.05, 0) is 38.1 Å². The molecule has 4 nitrogen and oxygen atoms in total. The van der Waals surface area contributed by atoms with Crippen molar-refractivity contribution in [3.8, 4) is 12.3 Å². The van der Waals surface area contributed by atoms with Gasteiger partial charge in [0.15, 0.2) is 0 Å². The number of likely N-dealkylation sites (tertiary alicyclic amines) is 1. The molecule has 2 rings (SSSR count). The number of hydrogen-bond acceptors (Lipinski definition) is 3. The van der Waals surface area contributed by atoms with E-state index in [9.17, 15) is 9.00 Å². The highest BCUT2D eigenvalue weighted by Crippen LogP contribution is 2.16. The van der Waals surface area contributed by atoms with Crippen LogP contribution in [0, 0.1) is 18.3 Å². The normalized spacial score (nSPS) is 17.6. The predicted molar refractivity (Wildman–Crippen MR) is 88.7 cm³/mol. The first-order valence-corrected chi connectivity index (χ1v) is 8.89. The Bertz CT molecular complexity index is 546. The molecule has 118 valence electrons. The van der Waals surface area contributed by atoms with E-state index in [2.05, 4.69) is 16.1 Å². The highest BCUT2D eigenvalue weighted by Gasteiger charge is 2.24. The van der Waals surface area contributed by atoms with Crippen LogP contribution in [-0.4, -0.2) is 46.9 Å². The fourth-order valence-corrected chi connectivity index (χ4v) is 3.57. The Morgan fingerprint density at radius 1 is 1.32 bits per heavy atom. The molecule has 1 amide bonds. The van der Waals surface area contributed by atoms with Gasteiger partial charge < -0.3 is 5.32 Å². The maximum absolute atomic E-state index is 12.1. The summed E-state index contributed by atoms with van der Waals surface area (Å²) in [6.45, 7) is 2.85. The molecular weight excluding hydrogens is 296 g/mol. The molecule has 22 heavy (non-hydrogen) atoms. The molecule has 0 spiro atoms. The molecule has 0 aromatic heterocycles. The highest BCUT2D eigenvalue weighted by molar-refractivity contribution is 7.85. The van der Waals surface area contributed by atoms with E-state index in [0.29, 0.717) is 18.8 Å². The fourth-order valence-electron chi connectivity index (χ4n) is 2.58. The van der Waals surface area contributed by atoms with E-state index < -0.39 is 10.8 Å².